The highest BCUT2D eigenvalue weighted by Crippen LogP contribution is 2.24. The molecule has 0 radical (unpaired) electrons. The van der Waals surface area contributed by atoms with Crippen LogP contribution in [0.1, 0.15) is 28.8 Å². The van der Waals surface area contributed by atoms with Crippen LogP contribution in [0.5, 0.6) is 5.75 Å². The zero-order valence-corrected chi connectivity index (χ0v) is 14.3. The third kappa shape index (κ3) is 4.31. The van der Waals surface area contributed by atoms with Gasteiger partial charge in [-0.3, -0.25) is 9.78 Å². The Hall–Kier alpha value is -2.36. The van der Waals surface area contributed by atoms with Crippen LogP contribution < -0.4 is 4.74 Å². The predicted molar refractivity (Wildman–Crippen MR) is 91.5 cm³/mol. The van der Waals surface area contributed by atoms with Gasteiger partial charge in [-0.15, -0.1) is 0 Å². The summed E-state index contributed by atoms with van der Waals surface area (Å²) in [7, 11) is 3.48. The van der Waals surface area contributed by atoms with Crippen molar-refractivity contribution < 1.29 is 9.53 Å². The first-order chi connectivity index (χ1) is 11.0. The molecule has 1 aromatic heterocycles. The molecule has 0 bridgehead atoms. The maximum atomic E-state index is 12.3. The summed E-state index contributed by atoms with van der Waals surface area (Å²) in [6.07, 6.45) is 3.06. The summed E-state index contributed by atoms with van der Waals surface area (Å²) in [6, 6.07) is 10.1. The summed E-state index contributed by atoms with van der Waals surface area (Å²) < 4.78 is 5.42. The van der Waals surface area contributed by atoms with E-state index in [1.807, 2.05) is 51.2 Å². The fourth-order valence-electron chi connectivity index (χ4n) is 2.63. The lowest BCUT2D eigenvalue weighted by Gasteiger charge is -2.19. The highest BCUT2D eigenvalue weighted by molar-refractivity contribution is 5.76. The van der Waals surface area contributed by atoms with Crippen molar-refractivity contribution in [1.29, 1.82) is 0 Å². The SMILES string of the molecule is COc1c(C)cnc(CN(C)C(=O)CCc2ccccc2)c1C. The second kappa shape index (κ2) is 7.77. The number of benzene rings is 1. The lowest BCUT2D eigenvalue weighted by atomic mass is 10.1. The average molecular weight is 312 g/mol. The van der Waals surface area contributed by atoms with Gasteiger partial charge in [-0.1, -0.05) is 30.3 Å². The molecule has 122 valence electrons. The first-order valence-electron chi connectivity index (χ1n) is 7.80. The Labute approximate surface area is 138 Å². The number of methoxy groups -OCH3 is 1. The largest absolute Gasteiger partial charge is 0.496 e. The lowest BCUT2D eigenvalue weighted by molar-refractivity contribution is -0.130. The molecule has 0 aliphatic rings. The number of aromatic nitrogens is 1. The summed E-state index contributed by atoms with van der Waals surface area (Å²) in [4.78, 5) is 18.5. The van der Waals surface area contributed by atoms with E-state index >= 15 is 0 Å². The molecule has 0 fully saturated rings. The van der Waals surface area contributed by atoms with Crippen molar-refractivity contribution in [3.8, 4) is 5.75 Å². The molecule has 23 heavy (non-hydrogen) atoms. The van der Waals surface area contributed by atoms with Crippen LogP contribution >= 0.6 is 0 Å². The van der Waals surface area contributed by atoms with Crippen LogP contribution in [0.2, 0.25) is 0 Å². The van der Waals surface area contributed by atoms with Gasteiger partial charge in [0.1, 0.15) is 5.75 Å². The number of hydrogen-bond donors (Lipinski definition) is 0. The van der Waals surface area contributed by atoms with E-state index in [0.29, 0.717) is 13.0 Å². The summed E-state index contributed by atoms with van der Waals surface area (Å²) >= 11 is 0. The Balaban J connectivity index is 1.98. The van der Waals surface area contributed by atoms with E-state index in [0.717, 1.165) is 29.0 Å². The van der Waals surface area contributed by atoms with Gasteiger partial charge in [0.05, 0.1) is 19.3 Å². The summed E-state index contributed by atoms with van der Waals surface area (Å²) in [6.45, 7) is 4.45. The molecular weight excluding hydrogens is 288 g/mol. The molecule has 0 spiro atoms. The second-order valence-corrected chi connectivity index (χ2v) is 5.78. The van der Waals surface area contributed by atoms with Gasteiger partial charge in [0.2, 0.25) is 5.91 Å². The Morgan fingerprint density at radius 2 is 1.91 bits per heavy atom. The van der Waals surface area contributed by atoms with Crippen molar-refractivity contribution in [2.45, 2.75) is 33.2 Å². The molecule has 0 saturated carbocycles. The van der Waals surface area contributed by atoms with E-state index in [9.17, 15) is 4.79 Å². The maximum Gasteiger partial charge on any atom is 0.222 e. The molecule has 1 aromatic carbocycles. The van der Waals surface area contributed by atoms with Crippen LogP contribution in [-0.2, 0) is 17.8 Å². The molecule has 2 rings (SSSR count). The number of carbonyl (C=O) groups is 1. The van der Waals surface area contributed by atoms with Gasteiger partial charge in [-0.2, -0.15) is 0 Å². The Morgan fingerprint density at radius 1 is 1.22 bits per heavy atom. The molecule has 0 aliphatic carbocycles. The van der Waals surface area contributed by atoms with Crippen molar-refractivity contribution in [3.63, 3.8) is 0 Å². The normalized spacial score (nSPS) is 10.4. The highest BCUT2D eigenvalue weighted by atomic mass is 16.5. The van der Waals surface area contributed by atoms with Gasteiger partial charge in [-0.05, 0) is 25.8 Å². The van der Waals surface area contributed by atoms with E-state index in [4.69, 9.17) is 4.74 Å². The van der Waals surface area contributed by atoms with Crippen molar-refractivity contribution in [3.05, 3.63) is 58.9 Å². The topological polar surface area (TPSA) is 42.4 Å². The molecule has 0 N–H and O–H groups in total. The van der Waals surface area contributed by atoms with Gasteiger partial charge in [-0.25, -0.2) is 0 Å². The zero-order chi connectivity index (χ0) is 16.8. The number of pyridine rings is 1. The van der Waals surface area contributed by atoms with Crippen LogP contribution in [0.3, 0.4) is 0 Å². The number of amides is 1. The fourth-order valence-corrected chi connectivity index (χ4v) is 2.63. The number of nitrogens with zero attached hydrogens (tertiary/aromatic N) is 2. The van der Waals surface area contributed by atoms with Crippen LogP contribution in [0.15, 0.2) is 36.5 Å². The zero-order valence-electron chi connectivity index (χ0n) is 14.3. The summed E-state index contributed by atoms with van der Waals surface area (Å²) in [5.41, 5.74) is 4.06. The smallest absolute Gasteiger partial charge is 0.222 e. The quantitative estimate of drug-likeness (QED) is 0.822. The molecule has 0 saturated heterocycles. The molecule has 0 aliphatic heterocycles. The molecule has 4 nitrogen and oxygen atoms in total. The van der Waals surface area contributed by atoms with Gasteiger partial charge in [0.15, 0.2) is 0 Å². The number of ether oxygens (including phenoxy) is 1. The highest BCUT2D eigenvalue weighted by Gasteiger charge is 2.14. The van der Waals surface area contributed by atoms with E-state index < -0.39 is 0 Å². The van der Waals surface area contributed by atoms with Gasteiger partial charge >= 0.3 is 0 Å². The lowest BCUT2D eigenvalue weighted by Crippen LogP contribution is -2.27. The van der Waals surface area contributed by atoms with E-state index in [2.05, 4.69) is 4.98 Å². The minimum Gasteiger partial charge on any atom is -0.496 e. The second-order valence-electron chi connectivity index (χ2n) is 5.78. The molecule has 0 unspecified atom stereocenters. The summed E-state index contributed by atoms with van der Waals surface area (Å²) in [5, 5.41) is 0. The van der Waals surface area contributed by atoms with E-state index in [1.54, 1.807) is 18.2 Å². The van der Waals surface area contributed by atoms with Crippen molar-refractivity contribution in [2.24, 2.45) is 0 Å². The molecule has 4 heteroatoms. The fraction of sp³-hybridized carbons (Fsp3) is 0.368. The average Bonchev–Trinajstić information content (AvgIpc) is 2.56. The van der Waals surface area contributed by atoms with Crippen LogP contribution in [0.4, 0.5) is 0 Å². The monoisotopic (exact) mass is 312 g/mol. The van der Waals surface area contributed by atoms with Crippen LogP contribution in [-0.4, -0.2) is 29.9 Å². The Morgan fingerprint density at radius 3 is 2.57 bits per heavy atom. The first kappa shape index (κ1) is 17.0. The van der Waals surface area contributed by atoms with Crippen molar-refractivity contribution >= 4 is 5.91 Å². The summed E-state index contributed by atoms with van der Waals surface area (Å²) in [5.74, 6) is 0.967. The molecule has 2 aromatic rings. The molecule has 1 heterocycles. The minimum absolute atomic E-state index is 0.120. The Bertz CT molecular complexity index is 669. The molecular formula is C19H24N2O2. The van der Waals surface area contributed by atoms with Gasteiger partial charge in [0.25, 0.3) is 0 Å². The van der Waals surface area contributed by atoms with E-state index in [-0.39, 0.29) is 5.91 Å². The third-order valence-corrected chi connectivity index (χ3v) is 4.03. The van der Waals surface area contributed by atoms with Crippen LogP contribution in [0, 0.1) is 13.8 Å². The minimum atomic E-state index is 0.120. The Kier molecular flexibility index (Phi) is 5.74. The van der Waals surface area contributed by atoms with E-state index in [1.165, 1.54) is 5.56 Å². The number of hydrogen-bond acceptors (Lipinski definition) is 3. The molecule has 1 amide bonds. The van der Waals surface area contributed by atoms with Gasteiger partial charge in [0, 0.05) is 30.8 Å². The van der Waals surface area contributed by atoms with Crippen molar-refractivity contribution in [2.75, 3.05) is 14.2 Å². The number of aryl methyl sites for hydroxylation is 2. The maximum absolute atomic E-state index is 12.3. The van der Waals surface area contributed by atoms with Gasteiger partial charge < -0.3 is 9.64 Å². The van der Waals surface area contributed by atoms with Crippen LogP contribution in [0.25, 0.3) is 0 Å². The number of rotatable bonds is 6. The molecule has 0 atom stereocenters. The van der Waals surface area contributed by atoms with Crippen molar-refractivity contribution in [1.82, 2.24) is 9.88 Å². The standard InChI is InChI=1S/C19H24N2O2/c1-14-12-20-17(15(2)19(14)23-4)13-21(3)18(22)11-10-16-8-6-5-7-9-16/h5-9,12H,10-11,13H2,1-4H3. The third-order valence-electron chi connectivity index (χ3n) is 4.03. The first-order valence-corrected chi connectivity index (χ1v) is 7.80. The number of carbonyl (C=O) groups excluding carboxylic acids is 1. The predicted octanol–water partition coefficient (Wildman–Crippen LogP) is 3.30.